The fourth-order valence-corrected chi connectivity index (χ4v) is 2.14. The van der Waals surface area contributed by atoms with Crippen LogP contribution < -0.4 is 11.5 Å². The summed E-state index contributed by atoms with van der Waals surface area (Å²) >= 11 is 0. The molecule has 1 aliphatic rings. The van der Waals surface area contributed by atoms with Crippen molar-refractivity contribution in [2.45, 2.75) is 72.4 Å². The number of hydrogen-bond donors (Lipinski definition) is 3. The molecule has 0 aromatic rings. The Hall–Kier alpha value is -1.03. The molecule has 0 aromatic heterocycles. The van der Waals surface area contributed by atoms with Gasteiger partial charge in [0.25, 0.3) is 0 Å². The number of rotatable bonds is 2. The third-order valence-corrected chi connectivity index (χ3v) is 3.12. The molecule has 5 N–H and O–H groups in total. The molecule has 1 saturated carbocycles. The van der Waals surface area contributed by atoms with Crippen LogP contribution in [0.4, 0.5) is 0 Å². The van der Waals surface area contributed by atoms with Crippen LogP contribution in [0, 0.1) is 5.92 Å². The molecule has 4 heteroatoms. The molecule has 4 nitrogen and oxygen atoms in total. The van der Waals surface area contributed by atoms with Crippen molar-refractivity contribution >= 4 is 5.84 Å². The Labute approximate surface area is 118 Å². The Morgan fingerprint density at radius 2 is 1.68 bits per heavy atom. The standard InChI is InChI=1S/C13H25N3O.C2H6/c1-8(12(15)16-13(2,3)4)11(14)9-5-6-10(17)7-9;1-2/h9-10,17H,5-7,14H2,1-4H3,(H2,15,16);1-2H3/b11-8-;. The van der Waals surface area contributed by atoms with Gasteiger partial charge in [-0.1, -0.05) is 13.8 Å². The molecule has 0 spiro atoms. The van der Waals surface area contributed by atoms with Crippen molar-refractivity contribution in [3.8, 4) is 0 Å². The maximum Gasteiger partial charge on any atom is 0.123 e. The summed E-state index contributed by atoms with van der Waals surface area (Å²) in [4.78, 5) is 4.41. The molecule has 1 aliphatic carbocycles. The van der Waals surface area contributed by atoms with Gasteiger partial charge in [-0.15, -0.1) is 0 Å². The zero-order chi connectivity index (χ0) is 15.2. The summed E-state index contributed by atoms with van der Waals surface area (Å²) in [5.74, 6) is 0.759. The second kappa shape index (κ2) is 7.53. The first-order valence-electron chi connectivity index (χ1n) is 7.20. The fourth-order valence-electron chi connectivity index (χ4n) is 2.14. The van der Waals surface area contributed by atoms with E-state index in [4.69, 9.17) is 11.5 Å². The number of amidine groups is 1. The summed E-state index contributed by atoms with van der Waals surface area (Å²) < 4.78 is 0. The molecule has 0 saturated heterocycles. The lowest BCUT2D eigenvalue weighted by atomic mass is 9.99. The number of nitrogens with zero attached hydrogens (tertiary/aromatic N) is 1. The largest absolute Gasteiger partial charge is 0.401 e. The zero-order valence-electron chi connectivity index (χ0n) is 13.3. The minimum Gasteiger partial charge on any atom is -0.401 e. The van der Waals surface area contributed by atoms with Crippen LogP contribution in [-0.2, 0) is 0 Å². The highest BCUT2D eigenvalue weighted by molar-refractivity contribution is 5.97. The Kier molecular flexibility index (Phi) is 7.12. The number of aliphatic hydroxyl groups is 1. The van der Waals surface area contributed by atoms with Crippen LogP contribution in [0.25, 0.3) is 0 Å². The van der Waals surface area contributed by atoms with Crippen molar-refractivity contribution in [3.05, 3.63) is 11.3 Å². The topological polar surface area (TPSA) is 84.6 Å². The van der Waals surface area contributed by atoms with Gasteiger partial charge in [0.1, 0.15) is 5.84 Å². The van der Waals surface area contributed by atoms with Crippen LogP contribution >= 0.6 is 0 Å². The summed E-state index contributed by atoms with van der Waals surface area (Å²) in [7, 11) is 0. The van der Waals surface area contributed by atoms with E-state index >= 15 is 0 Å². The summed E-state index contributed by atoms with van der Waals surface area (Å²) in [5, 5.41) is 9.52. The molecular formula is C15H31N3O. The monoisotopic (exact) mass is 269 g/mol. The predicted octanol–water partition coefficient (Wildman–Crippen LogP) is 2.56. The van der Waals surface area contributed by atoms with E-state index in [1.807, 2.05) is 41.5 Å². The van der Waals surface area contributed by atoms with Crippen molar-refractivity contribution in [2.75, 3.05) is 0 Å². The lowest BCUT2D eigenvalue weighted by Gasteiger charge is -2.17. The van der Waals surface area contributed by atoms with Crippen LogP contribution in [0.2, 0.25) is 0 Å². The Bertz CT molecular complexity index is 340. The minimum atomic E-state index is -0.216. The van der Waals surface area contributed by atoms with E-state index in [-0.39, 0.29) is 17.6 Å². The zero-order valence-corrected chi connectivity index (χ0v) is 13.3. The third-order valence-electron chi connectivity index (χ3n) is 3.12. The van der Waals surface area contributed by atoms with Crippen LogP contribution in [0.3, 0.4) is 0 Å². The highest BCUT2D eigenvalue weighted by Crippen LogP contribution is 2.30. The highest BCUT2D eigenvalue weighted by Gasteiger charge is 2.26. The maximum atomic E-state index is 9.52. The van der Waals surface area contributed by atoms with Crippen molar-refractivity contribution in [1.82, 2.24) is 0 Å². The molecule has 0 aromatic carbocycles. The first-order chi connectivity index (χ1) is 8.70. The van der Waals surface area contributed by atoms with Crippen molar-refractivity contribution < 1.29 is 5.11 Å². The number of aliphatic hydroxyl groups excluding tert-OH is 1. The number of aliphatic imine (C=N–C) groups is 1. The Balaban J connectivity index is 0.00000154. The molecule has 1 rings (SSSR count). The fraction of sp³-hybridized carbons (Fsp3) is 0.800. The van der Waals surface area contributed by atoms with E-state index in [1.165, 1.54) is 0 Å². The first kappa shape index (κ1) is 18.0. The van der Waals surface area contributed by atoms with Gasteiger partial charge in [0.2, 0.25) is 0 Å². The molecular weight excluding hydrogens is 238 g/mol. The van der Waals surface area contributed by atoms with E-state index < -0.39 is 0 Å². The molecule has 0 aliphatic heterocycles. The summed E-state index contributed by atoms with van der Waals surface area (Å²) in [6, 6.07) is 0. The molecule has 0 radical (unpaired) electrons. The van der Waals surface area contributed by atoms with E-state index in [0.717, 1.165) is 30.5 Å². The molecule has 2 unspecified atom stereocenters. The summed E-state index contributed by atoms with van der Waals surface area (Å²) in [5.41, 5.74) is 13.5. The normalized spacial score (nSPS) is 25.5. The number of nitrogens with two attached hydrogens (primary N) is 2. The lowest BCUT2D eigenvalue weighted by Crippen LogP contribution is -2.25. The van der Waals surface area contributed by atoms with Crippen LogP contribution in [0.5, 0.6) is 0 Å². The number of allylic oxidation sites excluding steroid dienone is 1. The van der Waals surface area contributed by atoms with Gasteiger partial charge in [0.05, 0.1) is 11.6 Å². The van der Waals surface area contributed by atoms with Gasteiger partial charge < -0.3 is 16.6 Å². The van der Waals surface area contributed by atoms with E-state index in [2.05, 4.69) is 4.99 Å². The van der Waals surface area contributed by atoms with Crippen LogP contribution in [0.1, 0.15) is 60.8 Å². The second-order valence-corrected chi connectivity index (χ2v) is 5.91. The van der Waals surface area contributed by atoms with Gasteiger partial charge in [-0.3, -0.25) is 4.99 Å². The SMILES string of the molecule is C/C(C(N)=NC(C)(C)C)=C(/N)C1CCC(O)C1.CC. The Morgan fingerprint density at radius 3 is 2.05 bits per heavy atom. The highest BCUT2D eigenvalue weighted by atomic mass is 16.3. The molecule has 2 atom stereocenters. The van der Waals surface area contributed by atoms with Crippen molar-refractivity contribution in [1.29, 1.82) is 0 Å². The molecule has 1 fully saturated rings. The predicted molar refractivity (Wildman–Crippen MR) is 83.0 cm³/mol. The molecule has 19 heavy (non-hydrogen) atoms. The summed E-state index contributed by atoms with van der Waals surface area (Å²) in [6.07, 6.45) is 2.29. The van der Waals surface area contributed by atoms with Gasteiger partial charge in [0.15, 0.2) is 0 Å². The lowest BCUT2D eigenvalue weighted by molar-refractivity contribution is 0.179. The van der Waals surface area contributed by atoms with Gasteiger partial charge in [-0.2, -0.15) is 0 Å². The summed E-state index contributed by atoms with van der Waals surface area (Å²) in [6.45, 7) is 11.9. The maximum absolute atomic E-state index is 9.52. The second-order valence-electron chi connectivity index (χ2n) is 5.91. The minimum absolute atomic E-state index is 0.194. The van der Waals surface area contributed by atoms with E-state index in [0.29, 0.717) is 5.84 Å². The molecule has 0 heterocycles. The van der Waals surface area contributed by atoms with Crippen LogP contribution in [0.15, 0.2) is 16.3 Å². The molecule has 0 amide bonds. The average Bonchev–Trinajstić information content (AvgIpc) is 2.74. The van der Waals surface area contributed by atoms with Gasteiger partial charge >= 0.3 is 0 Å². The van der Waals surface area contributed by atoms with Crippen molar-refractivity contribution in [3.63, 3.8) is 0 Å². The quantitative estimate of drug-likeness (QED) is 0.532. The van der Waals surface area contributed by atoms with Crippen LogP contribution in [-0.4, -0.2) is 22.6 Å². The van der Waals surface area contributed by atoms with E-state index in [9.17, 15) is 5.11 Å². The van der Waals surface area contributed by atoms with Gasteiger partial charge in [0, 0.05) is 17.2 Å². The third kappa shape index (κ3) is 6.10. The first-order valence-corrected chi connectivity index (χ1v) is 7.20. The smallest absolute Gasteiger partial charge is 0.123 e. The van der Waals surface area contributed by atoms with E-state index in [1.54, 1.807) is 0 Å². The van der Waals surface area contributed by atoms with Crippen molar-refractivity contribution in [2.24, 2.45) is 22.4 Å². The van der Waals surface area contributed by atoms with Gasteiger partial charge in [-0.25, -0.2) is 0 Å². The molecule has 0 bridgehead atoms. The van der Waals surface area contributed by atoms with Gasteiger partial charge in [-0.05, 0) is 47.0 Å². The average molecular weight is 269 g/mol. The Morgan fingerprint density at radius 1 is 1.16 bits per heavy atom. The number of hydrogen-bond acceptors (Lipinski definition) is 3. The molecule has 112 valence electrons.